The van der Waals surface area contributed by atoms with Crippen LogP contribution in [-0.2, 0) is 6.54 Å². The maximum Gasteiger partial charge on any atom is 0.206 e. The molecule has 0 saturated carbocycles. The molecule has 0 radical (unpaired) electrons. The Morgan fingerprint density at radius 2 is 1.87 bits per heavy atom. The van der Waals surface area contributed by atoms with Gasteiger partial charge in [0.1, 0.15) is 17.4 Å². The van der Waals surface area contributed by atoms with Gasteiger partial charge < -0.3 is 10.1 Å². The number of halogens is 2. The molecule has 0 spiro atoms. The number of anilines is 1. The van der Waals surface area contributed by atoms with Gasteiger partial charge in [-0.2, -0.15) is 0 Å². The zero-order chi connectivity index (χ0) is 21.1. The average molecular weight is 426 g/mol. The number of guanidine groups is 1. The maximum atomic E-state index is 14.9. The van der Waals surface area contributed by atoms with Gasteiger partial charge in [-0.05, 0) is 53.4 Å². The second kappa shape index (κ2) is 8.75. The van der Waals surface area contributed by atoms with E-state index in [0.717, 1.165) is 16.2 Å². The van der Waals surface area contributed by atoms with Crippen molar-refractivity contribution in [2.24, 2.45) is 4.99 Å². The van der Waals surface area contributed by atoms with Gasteiger partial charge in [-0.3, -0.25) is 4.72 Å². The normalized spacial score (nSPS) is 15.1. The molecule has 30 heavy (non-hydrogen) atoms. The van der Waals surface area contributed by atoms with Crippen molar-refractivity contribution in [3.05, 3.63) is 89.0 Å². The van der Waals surface area contributed by atoms with Crippen molar-refractivity contribution in [1.82, 2.24) is 4.72 Å². The third-order valence-corrected chi connectivity index (χ3v) is 5.87. The highest BCUT2D eigenvalue weighted by atomic mass is 32.2. The van der Waals surface area contributed by atoms with Gasteiger partial charge in [0.25, 0.3) is 0 Å². The van der Waals surface area contributed by atoms with Gasteiger partial charge in [0.2, 0.25) is 5.96 Å². The van der Waals surface area contributed by atoms with E-state index in [4.69, 9.17) is 4.74 Å². The van der Waals surface area contributed by atoms with Crippen LogP contribution in [0.2, 0.25) is 0 Å². The van der Waals surface area contributed by atoms with Gasteiger partial charge in [-0.1, -0.05) is 37.3 Å². The number of aliphatic imine (C=N–C) groups is 1. The zero-order valence-electron chi connectivity index (χ0n) is 16.6. The number of benzene rings is 3. The molecule has 3 aromatic carbocycles. The monoisotopic (exact) mass is 425 g/mol. The van der Waals surface area contributed by atoms with E-state index in [1.807, 2.05) is 24.3 Å². The van der Waals surface area contributed by atoms with Crippen molar-refractivity contribution < 1.29 is 13.5 Å². The minimum atomic E-state index is -0.466. The van der Waals surface area contributed by atoms with Gasteiger partial charge in [0, 0.05) is 11.5 Å². The first-order valence-electron chi connectivity index (χ1n) is 9.51. The molecule has 1 heterocycles. The summed E-state index contributed by atoms with van der Waals surface area (Å²) in [5.74, 6) is 0.0806. The number of nitrogens with zero attached hydrogens (tertiary/aromatic N) is 1. The molecule has 1 aliphatic heterocycles. The SMILES string of the molecule is COc1cccc(CN=C2NSc3ccc(F)c(C(C)c4ccccc4F)c3N2)c1. The minimum absolute atomic E-state index is 0.351. The van der Waals surface area contributed by atoms with Crippen LogP contribution in [0.15, 0.2) is 70.6 Å². The van der Waals surface area contributed by atoms with E-state index in [2.05, 4.69) is 15.0 Å². The number of nitrogens with one attached hydrogen (secondary N) is 2. The molecule has 0 saturated heterocycles. The molecule has 0 aromatic heterocycles. The molecule has 0 aliphatic carbocycles. The van der Waals surface area contributed by atoms with Gasteiger partial charge in [-0.25, -0.2) is 13.8 Å². The molecule has 0 bridgehead atoms. The lowest BCUT2D eigenvalue weighted by molar-refractivity contribution is 0.414. The Bertz CT molecular complexity index is 1100. The number of ether oxygens (including phenoxy) is 1. The van der Waals surface area contributed by atoms with Crippen molar-refractivity contribution in [1.29, 1.82) is 0 Å². The van der Waals surface area contributed by atoms with Gasteiger partial charge in [-0.15, -0.1) is 0 Å². The largest absolute Gasteiger partial charge is 0.497 e. The van der Waals surface area contributed by atoms with Crippen molar-refractivity contribution in [2.45, 2.75) is 24.3 Å². The summed E-state index contributed by atoms with van der Waals surface area (Å²) in [5, 5.41) is 3.20. The molecule has 0 fully saturated rings. The minimum Gasteiger partial charge on any atom is -0.497 e. The highest BCUT2D eigenvalue weighted by molar-refractivity contribution is 7.98. The van der Waals surface area contributed by atoms with Crippen LogP contribution in [0.5, 0.6) is 5.75 Å². The molecular formula is C23H21F2N3OS. The van der Waals surface area contributed by atoms with E-state index >= 15 is 0 Å². The topological polar surface area (TPSA) is 45.6 Å². The van der Waals surface area contributed by atoms with Crippen molar-refractivity contribution in [2.75, 3.05) is 12.4 Å². The van der Waals surface area contributed by atoms with Gasteiger partial charge in [0.15, 0.2) is 0 Å². The van der Waals surface area contributed by atoms with E-state index in [-0.39, 0.29) is 11.6 Å². The summed E-state index contributed by atoms with van der Waals surface area (Å²) in [6.45, 7) is 2.23. The van der Waals surface area contributed by atoms with E-state index in [1.54, 1.807) is 38.3 Å². The molecule has 4 nitrogen and oxygen atoms in total. The van der Waals surface area contributed by atoms with Gasteiger partial charge in [0.05, 0.1) is 24.2 Å². The Labute approximate surface area is 178 Å². The molecule has 4 rings (SSSR count). The first-order chi connectivity index (χ1) is 14.6. The molecule has 7 heteroatoms. The fourth-order valence-corrected chi connectivity index (χ4v) is 4.17. The number of hydrogen-bond donors (Lipinski definition) is 2. The lowest BCUT2D eigenvalue weighted by Gasteiger charge is -2.26. The van der Waals surface area contributed by atoms with Crippen LogP contribution in [-0.4, -0.2) is 13.1 Å². The van der Waals surface area contributed by atoms with E-state index in [9.17, 15) is 8.78 Å². The number of rotatable bonds is 5. The molecule has 1 atom stereocenters. The quantitative estimate of drug-likeness (QED) is 0.515. The summed E-state index contributed by atoms with van der Waals surface area (Å²) in [7, 11) is 1.62. The van der Waals surface area contributed by atoms with Crippen LogP contribution in [0.4, 0.5) is 14.5 Å². The van der Waals surface area contributed by atoms with Crippen molar-refractivity contribution in [3.63, 3.8) is 0 Å². The van der Waals surface area contributed by atoms with Crippen LogP contribution < -0.4 is 14.8 Å². The summed E-state index contributed by atoms with van der Waals surface area (Å²) >= 11 is 1.35. The predicted molar refractivity (Wildman–Crippen MR) is 117 cm³/mol. The summed E-state index contributed by atoms with van der Waals surface area (Å²) in [4.78, 5) is 5.40. The van der Waals surface area contributed by atoms with Gasteiger partial charge >= 0.3 is 0 Å². The average Bonchev–Trinajstić information content (AvgIpc) is 2.77. The van der Waals surface area contributed by atoms with Crippen LogP contribution in [0.3, 0.4) is 0 Å². The molecule has 1 aliphatic rings. The van der Waals surface area contributed by atoms with Crippen molar-refractivity contribution in [3.8, 4) is 5.75 Å². The molecule has 2 N–H and O–H groups in total. The lowest BCUT2D eigenvalue weighted by atomic mass is 9.91. The first kappa shape index (κ1) is 20.2. The Hall–Kier alpha value is -3.06. The molecule has 3 aromatic rings. The summed E-state index contributed by atoms with van der Waals surface area (Å²) in [6, 6.07) is 17.2. The van der Waals surface area contributed by atoms with Crippen LogP contribution >= 0.6 is 11.9 Å². The first-order valence-corrected chi connectivity index (χ1v) is 10.3. The molecule has 0 amide bonds. The Kier molecular flexibility index (Phi) is 5.90. The van der Waals surface area contributed by atoms with Crippen molar-refractivity contribution >= 4 is 23.6 Å². The summed E-state index contributed by atoms with van der Waals surface area (Å²) < 4.78 is 37.6. The fraction of sp³-hybridized carbons (Fsp3) is 0.174. The Morgan fingerprint density at radius 1 is 1.03 bits per heavy atom. The third-order valence-electron chi connectivity index (χ3n) is 5.01. The second-order valence-electron chi connectivity index (χ2n) is 6.92. The third kappa shape index (κ3) is 4.11. The highest BCUT2D eigenvalue weighted by Gasteiger charge is 2.25. The Balaban J connectivity index is 1.64. The highest BCUT2D eigenvalue weighted by Crippen LogP contribution is 2.40. The molecule has 1 unspecified atom stereocenters. The zero-order valence-corrected chi connectivity index (χ0v) is 17.4. The van der Waals surface area contributed by atoms with E-state index in [1.165, 1.54) is 24.1 Å². The van der Waals surface area contributed by atoms with E-state index < -0.39 is 5.92 Å². The van der Waals surface area contributed by atoms with Crippen LogP contribution in [0.1, 0.15) is 29.5 Å². The van der Waals surface area contributed by atoms with E-state index in [0.29, 0.717) is 29.3 Å². The summed E-state index contributed by atoms with van der Waals surface area (Å²) in [6.07, 6.45) is 0. The smallest absolute Gasteiger partial charge is 0.206 e. The molecular weight excluding hydrogens is 404 g/mol. The number of fused-ring (bicyclic) bond motifs is 1. The number of methoxy groups -OCH3 is 1. The molecule has 154 valence electrons. The Morgan fingerprint density at radius 3 is 2.67 bits per heavy atom. The van der Waals surface area contributed by atoms with Crippen LogP contribution in [0.25, 0.3) is 0 Å². The number of hydrogen-bond acceptors (Lipinski definition) is 3. The maximum absolute atomic E-state index is 14.9. The standard InChI is InChI=1S/C23H21F2N3OS/c1-14(17-8-3-4-9-18(17)24)21-19(25)10-11-20-22(21)27-23(28-30-20)26-13-15-6-5-7-16(12-15)29-2/h3-12,14H,13H2,1-2H3,(H2,26,27,28). The summed E-state index contributed by atoms with van der Waals surface area (Å²) in [5.41, 5.74) is 2.46. The lowest BCUT2D eigenvalue weighted by Crippen LogP contribution is -2.30. The fourth-order valence-electron chi connectivity index (χ4n) is 3.45. The second-order valence-corrected chi connectivity index (χ2v) is 7.77. The predicted octanol–water partition coefficient (Wildman–Crippen LogP) is 5.70. The van der Waals surface area contributed by atoms with Crippen LogP contribution in [0, 0.1) is 11.6 Å².